The molecule has 0 saturated carbocycles. The maximum Gasteiger partial charge on any atom is 0.573 e. The minimum absolute atomic E-state index is 0.0770. The van der Waals surface area contributed by atoms with E-state index in [1.165, 1.54) is 12.1 Å². The maximum atomic E-state index is 12.3. The van der Waals surface area contributed by atoms with Gasteiger partial charge >= 0.3 is 18.4 Å². The van der Waals surface area contributed by atoms with Crippen molar-refractivity contribution in [3.05, 3.63) is 29.3 Å². The molecule has 1 aromatic carbocycles. The second kappa shape index (κ2) is 8.15. The molecule has 0 saturated heterocycles. The van der Waals surface area contributed by atoms with Gasteiger partial charge in [0.1, 0.15) is 5.75 Å². The van der Waals surface area contributed by atoms with E-state index in [2.05, 4.69) is 4.74 Å². The van der Waals surface area contributed by atoms with E-state index in [1.807, 2.05) is 4.90 Å². The molecule has 2 rings (SSSR count). The molecule has 1 aromatic rings. The van der Waals surface area contributed by atoms with Gasteiger partial charge in [0.15, 0.2) is 0 Å². The zero-order valence-corrected chi connectivity index (χ0v) is 13.7. The molecular weight excluding hydrogens is 366 g/mol. The number of alkyl halides is 6. The number of benzene rings is 1. The van der Waals surface area contributed by atoms with Gasteiger partial charge in [-0.3, -0.25) is 9.69 Å². The lowest BCUT2D eigenvalue weighted by Gasteiger charge is -2.29. The van der Waals surface area contributed by atoms with Crippen LogP contribution in [-0.2, 0) is 17.8 Å². The second-order valence-corrected chi connectivity index (χ2v) is 5.97. The highest BCUT2D eigenvalue weighted by Gasteiger charge is 2.38. The number of fused-ring (bicyclic) bond motifs is 1. The van der Waals surface area contributed by atoms with Crippen molar-refractivity contribution < 1.29 is 35.9 Å². The van der Waals surface area contributed by atoms with E-state index in [9.17, 15) is 31.1 Å². The smallest absolute Gasteiger partial charge is 0.406 e. The lowest BCUT2D eigenvalue weighted by Crippen LogP contribution is -2.37. The van der Waals surface area contributed by atoms with Gasteiger partial charge < -0.3 is 10.1 Å². The molecule has 0 aliphatic carbocycles. The summed E-state index contributed by atoms with van der Waals surface area (Å²) in [6.07, 6.45) is -8.02. The Morgan fingerprint density at radius 2 is 1.85 bits per heavy atom. The molecule has 26 heavy (non-hydrogen) atoms. The maximum absolute atomic E-state index is 12.3. The Morgan fingerprint density at radius 1 is 1.12 bits per heavy atom. The van der Waals surface area contributed by atoms with E-state index in [0.29, 0.717) is 38.9 Å². The summed E-state index contributed by atoms with van der Waals surface area (Å²) >= 11 is 0. The lowest BCUT2D eigenvalue weighted by molar-refractivity contribution is -0.274. The Balaban J connectivity index is 1.77. The van der Waals surface area contributed by atoms with E-state index >= 15 is 0 Å². The van der Waals surface area contributed by atoms with Gasteiger partial charge in [-0.2, -0.15) is 13.2 Å². The van der Waals surface area contributed by atoms with Gasteiger partial charge in [-0.1, -0.05) is 6.07 Å². The Hall–Kier alpha value is -1.97. The van der Waals surface area contributed by atoms with E-state index in [-0.39, 0.29) is 12.3 Å². The predicted octanol–water partition coefficient (Wildman–Crippen LogP) is 3.40. The van der Waals surface area contributed by atoms with Gasteiger partial charge in [-0.25, -0.2) is 0 Å². The molecule has 0 spiro atoms. The van der Waals surface area contributed by atoms with Crippen LogP contribution in [0.1, 0.15) is 24.0 Å². The van der Waals surface area contributed by atoms with Gasteiger partial charge in [0.05, 0.1) is 0 Å². The molecule has 0 bridgehead atoms. The van der Waals surface area contributed by atoms with Crippen molar-refractivity contribution in [2.24, 2.45) is 0 Å². The van der Waals surface area contributed by atoms with Crippen LogP contribution in [0, 0.1) is 0 Å². The number of hydrogen-bond acceptors (Lipinski definition) is 3. The van der Waals surface area contributed by atoms with Gasteiger partial charge in [0.25, 0.3) is 0 Å². The Labute approximate surface area is 146 Å². The van der Waals surface area contributed by atoms with Gasteiger partial charge in [-0.15, -0.1) is 13.2 Å². The molecule has 146 valence electrons. The topological polar surface area (TPSA) is 41.6 Å². The first-order valence-corrected chi connectivity index (χ1v) is 7.99. The summed E-state index contributed by atoms with van der Waals surface area (Å²) in [5, 5.41) is 1.80. The normalized spacial score (nSPS) is 15.5. The zero-order valence-electron chi connectivity index (χ0n) is 13.7. The minimum Gasteiger partial charge on any atom is -0.406 e. The second-order valence-electron chi connectivity index (χ2n) is 5.97. The summed E-state index contributed by atoms with van der Waals surface area (Å²) in [5.74, 6) is -2.23. The first-order chi connectivity index (χ1) is 12.0. The van der Waals surface area contributed by atoms with Crippen molar-refractivity contribution in [1.82, 2.24) is 10.2 Å². The van der Waals surface area contributed by atoms with Crippen LogP contribution in [0.25, 0.3) is 0 Å². The highest BCUT2D eigenvalue weighted by Crippen LogP contribution is 2.28. The fourth-order valence-corrected chi connectivity index (χ4v) is 2.74. The number of ether oxygens (including phenoxy) is 1. The van der Waals surface area contributed by atoms with Crippen molar-refractivity contribution in [2.75, 3.05) is 19.6 Å². The number of carbonyl (C=O) groups excluding carboxylic acids is 1. The quantitative estimate of drug-likeness (QED) is 0.604. The molecule has 0 atom stereocenters. The molecule has 0 unspecified atom stereocenters. The summed E-state index contributed by atoms with van der Waals surface area (Å²) in [5.41, 5.74) is 1.69. The highest BCUT2D eigenvalue weighted by atomic mass is 19.4. The van der Waals surface area contributed by atoms with E-state index in [4.69, 9.17) is 0 Å². The van der Waals surface area contributed by atoms with Crippen molar-refractivity contribution in [1.29, 1.82) is 0 Å². The number of nitrogens with zero attached hydrogens (tertiary/aromatic N) is 1. The molecule has 0 fully saturated rings. The van der Waals surface area contributed by atoms with Gasteiger partial charge in [0, 0.05) is 19.6 Å². The van der Waals surface area contributed by atoms with Crippen LogP contribution in [0.5, 0.6) is 5.75 Å². The average Bonchev–Trinajstić information content (AvgIpc) is 2.51. The van der Waals surface area contributed by atoms with Crippen molar-refractivity contribution in [3.8, 4) is 5.75 Å². The monoisotopic (exact) mass is 384 g/mol. The van der Waals surface area contributed by atoms with Crippen LogP contribution in [-0.4, -0.2) is 43.0 Å². The molecule has 1 heterocycles. The number of nitrogens with one attached hydrogen (secondary N) is 1. The first kappa shape index (κ1) is 20.3. The van der Waals surface area contributed by atoms with Crippen LogP contribution in [0.2, 0.25) is 0 Å². The SMILES string of the molecule is O=C(NCCCCN1CCc2ccc(OC(F)(F)F)cc2C1)C(F)(F)F. The van der Waals surface area contributed by atoms with Crippen LogP contribution in [0.15, 0.2) is 18.2 Å². The molecular formula is C16H18F6N2O2. The third-order valence-corrected chi connectivity index (χ3v) is 3.95. The molecule has 1 N–H and O–H groups in total. The third kappa shape index (κ3) is 6.40. The largest absolute Gasteiger partial charge is 0.573 e. The van der Waals surface area contributed by atoms with E-state index < -0.39 is 18.4 Å². The fraction of sp³-hybridized carbons (Fsp3) is 0.562. The first-order valence-electron chi connectivity index (χ1n) is 7.99. The fourth-order valence-electron chi connectivity index (χ4n) is 2.74. The van der Waals surface area contributed by atoms with E-state index in [0.717, 1.165) is 11.1 Å². The van der Waals surface area contributed by atoms with Crippen molar-refractivity contribution in [3.63, 3.8) is 0 Å². The Kier molecular flexibility index (Phi) is 6.38. The summed E-state index contributed by atoms with van der Waals surface area (Å²) in [6.45, 7) is 1.65. The van der Waals surface area contributed by atoms with Gasteiger partial charge in [-0.05, 0) is 49.1 Å². The van der Waals surface area contributed by atoms with Crippen molar-refractivity contribution >= 4 is 5.91 Å². The molecule has 1 amide bonds. The van der Waals surface area contributed by atoms with Crippen LogP contribution in [0.3, 0.4) is 0 Å². The number of rotatable bonds is 6. The molecule has 0 aromatic heterocycles. The van der Waals surface area contributed by atoms with Crippen LogP contribution in [0.4, 0.5) is 26.3 Å². The summed E-state index contributed by atoms with van der Waals surface area (Å²) in [7, 11) is 0. The standard InChI is InChI=1S/C16H18F6N2O2/c17-15(18,19)14(25)23-6-1-2-7-24-8-5-11-3-4-13(9-12(11)10-24)26-16(20,21)22/h3-4,9H,1-2,5-8,10H2,(H,23,25). The molecule has 0 radical (unpaired) electrons. The number of hydrogen-bond donors (Lipinski definition) is 1. The number of halogens is 6. The summed E-state index contributed by atoms with van der Waals surface area (Å²) in [4.78, 5) is 12.7. The Bertz CT molecular complexity index is 630. The molecule has 1 aliphatic heterocycles. The average molecular weight is 384 g/mol. The predicted molar refractivity (Wildman–Crippen MR) is 80.4 cm³/mol. The van der Waals surface area contributed by atoms with Crippen molar-refractivity contribution in [2.45, 2.75) is 38.3 Å². The zero-order chi connectivity index (χ0) is 19.4. The van der Waals surface area contributed by atoms with Crippen LogP contribution >= 0.6 is 0 Å². The Morgan fingerprint density at radius 3 is 2.50 bits per heavy atom. The highest BCUT2D eigenvalue weighted by molar-refractivity contribution is 5.81. The minimum atomic E-state index is -4.88. The molecule has 1 aliphatic rings. The molecule has 10 heteroatoms. The lowest BCUT2D eigenvalue weighted by atomic mass is 9.99. The van der Waals surface area contributed by atoms with Gasteiger partial charge in [0.2, 0.25) is 0 Å². The summed E-state index contributed by atoms with van der Waals surface area (Å²) < 4.78 is 76.8. The van der Waals surface area contributed by atoms with E-state index in [1.54, 1.807) is 11.4 Å². The summed E-state index contributed by atoms with van der Waals surface area (Å²) in [6, 6.07) is 4.25. The third-order valence-electron chi connectivity index (χ3n) is 3.95. The number of unbranched alkanes of at least 4 members (excludes halogenated alkanes) is 1. The molecule has 4 nitrogen and oxygen atoms in total. The number of amides is 1. The number of carbonyl (C=O) groups is 1. The van der Waals surface area contributed by atoms with Crippen LogP contribution < -0.4 is 10.1 Å².